The fourth-order valence-electron chi connectivity index (χ4n) is 2.59. The molecule has 0 aliphatic carbocycles. The fourth-order valence-corrected chi connectivity index (χ4v) is 2.59. The lowest BCUT2D eigenvalue weighted by Gasteiger charge is -2.40. The lowest BCUT2D eigenvalue weighted by molar-refractivity contribution is -0.136. The second-order valence-electron chi connectivity index (χ2n) is 5.11. The quantitative estimate of drug-likeness (QED) is 0.740. The maximum Gasteiger partial charge on any atom is 0.241 e. The average molecular weight is 243 g/mol. The molecule has 5 nitrogen and oxygen atoms in total. The largest absolute Gasteiger partial charge is 0.383 e. The summed E-state index contributed by atoms with van der Waals surface area (Å²) in [6.45, 7) is 4.53. The molecular weight excluding hydrogens is 218 g/mol. The summed E-state index contributed by atoms with van der Waals surface area (Å²) in [4.78, 5) is 16.2. The van der Waals surface area contributed by atoms with E-state index in [1.165, 1.54) is 0 Å². The first-order valence-electron chi connectivity index (χ1n) is 6.17. The average Bonchev–Trinajstić information content (AvgIpc) is 2.27. The van der Waals surface area contributed by atoms with Gasteiger partial charge in [0.2, 0.25) is 5.91 Å². The Morgan fingerprint density at radius 2 is 2.29 bits per heavy atom. The number of amides is 1. The lowest BCUT2D eigenvalue weighted by atomic mass is 9.92. The Morgan fingerprint density at radius 1 is 1.65 bits per heavy atom. The first-order valence-corrected chi connectivity index (χ1v) is 6.17. The third-order valence-electron chi connectivity index (χ3n) is 3.57. The van der Waals surface area contributed by atoms with Gasteiger partial charge < -0.3 is 20.3 Å². The number of hydrogen-bond donors (Lipinski definition) is 1. The molecule has 0 saturated carbocycles. The first-order chi connectivity index (χ1) is 7.97. The van der Waals surface area contributed by atoms with Crippen LogP contribution in [0.4, 0.5) is 0 Å². The standard InChI is InChI=1S/C12H25N3O2/c1-9-7-14(2)6-5-11(9)15(3)12(16)10(13)8-17-4/h9-11H,5-8,13H2,1-4H3. The van der Waals surface area contributed by atoms with E-state index in [4.69, 9.17) is 10.5 Å². The smallest absolute Gasteiger partial charge is 0.241 e. The Labute approximate surface area is 104 Å². The predicted octanol–water partition coefficient (Wildman–Crippen LogP) is -0.241. The Kier molecular flexibility index (Phi) is 5.36. The highest BCUT2D eigenvalue weighted by molar-refractivity contribution is 5.81. The van der Waals surface area contributed by atoms with Crippen molar-refractivity contribution in [2.75, 3.05) is 40.9 Å². The van der Waals surface area contributed by atoms with Crippen molar-refractivity contribution in [1.82, 2.24) is 9.80 Å². The van der Waals surface area contributed by atoms with Gasteiger partial charge in [-0.15, -0.1) is 0 Å². The molecule has 3 unspecified atom stereocenters. The SMILES string of the molecule is COCC(N)C(=O)N(C)C1CCN(C)CC1C. The Hall–Kier alpha value is -0.650. The third-order valence-corrected chi connectivity index (χ3v) is 3.57. The van der Waals surface area contributed by atoms with Gasteiger partial charge in [0, 0.05) is 26.7 Å². The van der Waals surface area contributed by atoms with Gasteiger partial charge in [0.05, 0.1) is 6.61 Å². The minimum absolute atomic E-state index is 0.0201. The van der Waals surface area contributed by atoms with Crippen molar-refractivity contribution in [2.45, 2.75) is 25.4 Å². The van der Waals surface area contributed by atoms with E-state index in [0.717, 1.165) is 19.5 Å². The molecule has 100 valence electrons. The molecule has 1 saturated heterocycles. The van der Waals surface area contributed by atoms with Crippen LogP contribution in [-0.2, 0) is 9.53 Å². The van der Waals surface area contributed by atoms with Crippen molar-refractivity contribution >= 4 is 5.91 Å². The number of hydrogen-bond acceptors (Lipinski definition) is 4. The molecule has 0 radical (unpaired) electrons. The summed E-state index contributed by atoms with van der Waals surface area (Å²) in [6, 6.07) is -0.251. The van der Waals surface area contributed by atoms with E-state index in [1.807, 2.05) is 7.05 Å². The summed E-state index contributed by atoms with van der Waals surface area (Å²) in [5.41, 5.74) is 5.78. The molecule has 17 heavy (non-hydrogen) atoms. The zero-order valence-electron chi connectivity index (χ0n) is 11.3. The molecule has 0 spiro atoms. The monoisotopic (exact) mass is 243 g/mol. The van der Waals surface area contributed by atoms with Crippen molar-refractivity contribution in [3.63, 3.8) is 0 Å². The van der Waals surface area contributed by atoms with E-state index >= 15 is 0 Å². The molecule has 2 N–H and O–H groups in total. The van der Waals surface area contributed by atoms with Gasteiger partial charge in [0.15, 0.2) is 0 Å². The fraction of sp³-hybridized carbons (Fsp3) is 0.917. The van der Waals surface area contributed by atoms with Gasteiger partial charge in [0.1, 0.15) is 6.04 Å². The van der Waals surface area contributed by atoms with Crippen LogP contribution in [0, 0.1) is 5.92 Å². The second-order valence-corrected chi connectivity index (χ2v) is 5.11. The van der Waals surface area contributed by atoms with Gasteiger partial charge in [-0.1, -0.05) is 6.92 Å². The van der Waals surface area contributed by atoms with Crippen LogP contribution in [-0.4, -0.2) is 68.7 Å². The summed E-state index contributed by atoms with van der Waals surface area (Å²) in [5.74, 6) is 0.464. The summed E-state index contributed by atoms with van der Waals surface area (Å²) in [6.07, 6.45) is 1.01. The van der Waals surface area contributed by atoms with Crippen LogP contribution in [0.1, 0.15) is 13.3 Å². The van der Waals surface area contributed by atoms with Gasteiger partial charge in [-0.25, -0.2) is 0 Å². The number of carbonyl (C=O) groups excluding carboxylic acids is 1. The predicted molar refractivity (Wildman–Crippen MR) is 67.7 cm³/mol. The van der Waals surface area contributed by atoms with Gasteiger partial charge in [-0.2, -0.15) is 0 Å². The molecule has 0 aromatic carbocycles. The highest BCUT2D eigenvalue weighted by Crippen LogP contribution is 2.20. The van der Waals surface area contributed by atoms with Crippen LogP contribution in [0.15, 0.2) is 0 Å². The van der Waals surface area contributed by atoms with Gasteiger partial charge >= 0.3 is 0 Å². The highest BCUT2D eigenvalue weighted by Gasteiger charge is 2.31. The number of carbonyl (C=O) groups is 1. The number of ether oxygens (including phenoxy) is 1. The minimum atomic E-state index is -0.545. The topological polar surface area (TPSA) is 58.8 Å². The molecule has 1 aliphatic rings. The van der Waals surface area contributed by atoms with E-state index < -0.39 is 6.04 Å². The highest BCUT2D eigenvalue weighted by atomic mass is 16.5. The number of nitrogens with zero attached hydrogens (tertiary/aromatic N) is 2. The molecule has 1 heterocycles. The van der Waals surface area contributed by atoms with Gasteiger partial charge in [-0.05, 0) is 25.9 Å². The van der Waals surface area contributed by atoms with Crippen molar-refractivity contribution < 1.29 is 9.53 Å². The maximum absolute atomic E-state index is 12.1. The van der Waals surface area contributed by atoms with Crippen LogP contribution in [0.25, 0.3) is 0 Å². The van der Waals surface area contributed by atoms with E-state index in [-0.39, 0.29) is 12.5 Å². The molecule has 1 aliphatic heterocycles. The van der Waals surface area contributed by atoms with Crippen LogP contribution in [0.2, 0.25) is 0 Å². The first kappa shape index (κ1) is 14.4. The molecule has 0 bridgehead atoms. The van der Waals surface area contributed by atoms with Crippen molar-refractivity contribution in [1.29, 1.82) is 0 Å². The molecule has 1 fully saturated rings. The van der Waals surface area contributed by atoms with Gasteiger partial charge in [0.25, 0.3) is 0 Å². The molecule has 5 heteroatoms. The normalized spacial score (nSPS) is 27.8. The zero-order valence-corrected chi connectivity index (χ0v) is 11.3. The zero-order chi connectivity index (χ0) is 13.0. The summed E-state index contributed by atoms with van der Waals surface area (Å²) in [7, 11) is 5.53. The maximum atomic E-state index is 12.1. The molecular formula is C12H25N3O2. The molecule has 0 aromatic rings. The number of rotatable bonds is 4. The summed E-state index contributed by atoms with van der Waals surface area (Å²) >= 11 is 0. The number of nitrogens with two attached hydrogens (primary N) is 1. The summed E-state index contributed by atoms with van der Waals surface area (Å²) in [5, 5.41) is 0. The van der Waals surface area contributed by atoms with E-state index in [0.29, 0.717) is 12.0 Å². The number of piperidine rings is 1. The Balaban J connectivity index is 2.56. The summed E-state index contributed by atoms with van der Waals surface area (Å²) < 4.78 is 4.93. The number of likely N-dealkylation sites (N-methyl/N-ethyl adjacent to an activating group) is 1. The molecule has 1 amide bonds. The van der Waals surface area contributed by atoms with Crippen molar-refractivity contribution in [3.05, 3.63) is 0 Å². The molecule has 0 aromatic heterocycles. The number of likely N-dealkylation sites (tertiary alicyclic amines) is 1. The van der Waals surface area contributed by atoms with E-state index in [9.17, 15) is 4.79 Å². The van der Waals surface area contributed by atoms with E-state index in [2.05, 4.69) is 18.9 Å². The van der Waals surface area contributed by atoms with Crippen LogP contribution in [0.3, 0.4) is 0 Å². The molecule has 1 rings (SSSR count). The van der Waals surface area contributed by atoms with Gasteiger partial charge in [-0.3, -0.25) is 4.79 Å². The number of methoxy groups -OCH3 is 1. The Morgan fingerprint density at radius 3 is 2.82 bits per heavy atom. The third kappa shape index (κ3) is 3.66. The Bertz CT molecular complexity index is 260. The lowest BCUT2D eigenvalue weighted by Crippen LogP contribution is -2.54. The van der Waals surface area contributed by atoms with Crippen LogP contribution >= 0.6 is 0 Å². The van der Waals surface area contributed by atoms with Crippen molar-refractivity contribution in [2.24, 2.45) is 11.7 Å². The van der Waals surface area contributed by atoms with Crippen molar-refractivity contribution in [3.8, 4) is 0 Å². The van der Waals surface area contributed by atoms with E-state index in [1.54, 1.807) is 12.0 Å². The van der Waals surface area contributed by atoms with Crippen LogP contribution in [0.5, 0.6) is 0 Å². The van der Waals surface area contributed by atoms with Crippen LogP contribution < -0.4 is 5.73 Å². The molecule has 3 atom stereocenters. The minimum Gasteiger partial charge on any atom is -0.383 e. The second kappa shape index (κ2) is 6.33.